The summed E-state index contributed by atoms with van der Waals surface area (Å²) in [5.41, 5.74) is 4.83. The fourth-order valence-electron chi connectivity index (χ4n) is 4.46. The lowest BCUT2D eigenvalue weighted by molar-refractivity contribution is -0.147. The number of allylic oxidation sites excluding steroid dienone is 2. The standard InChI is InChI=1S/C26H26N6O3/c1-3-34-25(33)21-10-7-11-22-23(21)32(26(27-22)35-4-2)16-17-12-14-18(15-13-17)19-8-5-6-9-20(19)24-28-30-31-29-24/h5-15,21,23H,3-4,16H2,1-2H3,(H,28,29,30,31). The Morgan fingerprint density at radius 3 is 2.57 bits per heavy atom. The molecule has 0 spiro atoms. The number of benzene rings is 2. The van der Waals surface area contributed by atoms with Crippen LogP contribution in [0.25, 0.3) is 22.5 Å². The van der Waals surface area contributed by atoms with Crippen LogP contribution in [0.5, 0.6) is 0 Å². The van der Waals surface area contributed by atoms with Gasteiger partial charge in [0.15, 0.2) is 0 Å². The topological polar surface area (TPSA) is 106 Å². The third-order valence-electron chi connectivity index (χ3n) is 6.00. The smallest absolute Gasteiger partial charge is 0.315 e. The summed E-state index contributed by atoms with van der Waals surface area (Å²) in [4.78, 5) is 19.4. The molecule has 2 atom stereocenters. The highest BCUT2D eigenvalue weighted by atomic mass is 16.5. The van der Waals surface area contributed by atoms with Crippen LogP contribution in [0.1, 0.15) is 19.4 Å². The normalized spacial score (nSPS) is 18.6. The Bertz CT molecular complexity index is 1280. The summed E-state index contributed by atoms with van der Waals surface area (Å²) in [5, 5.41) is 14.5. The van der Waals surface area contributed by atoms with E-state index in [4.69, 9.17) is 9.47 Å². The summed E-state index contributed by atoms with van der Waals surface area (Å²) in [7, 11) is 0. The van der Waals surface area contributed by atoms with Gasteiger partial charge in [-0.25, -0.2) is 0 Å². The maximum Gasteiger partial charge on any atom is 0.315 e. The SMILES string of the molecule is CCOC(=O)C1C=CC=C2N=C(OCC)N(Cc3ccc(-c4ccccc4-c4nn[nH]n4)cc3)C21. The number of carbonyl (C=O) groups is 1. The van der Waals surface area contributed by atoms with Crippen molar-refractivity contribution in [2.45, 2.75) is 26.4 Å². The molecule has 2 unspecified atom stereocenters. The van der Waals surface area contributed by atoms with Crippen LogP contribution in [0.4, 0.5) is 0 Å². The number of esters is 1. The van der Waals surface area contributed by atoms with Gasteiger partial charge >= 0.3 is 5.97 Å². The number of hydrogen-bond acceptors (Lipinski definition) is 8. The number of carbonyl (C=O) groups excluding carboxylic acids is 1. The third-order valence-corrected chi connectivity index (χ3v) is 6.00. The van der Waals surface area contributed by atoms with Crippen molar-refractivity contribution < 1.29 is 14.3 Å². The predicted molar refractivity (Wildman–Crippen MR) is 131 cm³/mol. The number of nitrogens with one attached hydrogen (secondary N) is 1. The fourth-order valence-corrected chi connectivity index (χ4v) is 4.46. The summed E-state index contributed by atoms with van der Waals surface area (Å²) in [6.07, 6.45) is 5.67. The molecule has 2 aliphatic rings. The van der Waals surface area contributed by atoms with E-state index in [2.05, 4.69) is 49.9 Å². The van der Waals surface area contributed by atoms with Crippen molar-refractivity contribution >= 4 is 12.0 Å². The molecule has 9 heteroatoms. The van der Waals surface area contributed by atoms with Gasteiger partial charge in [-0.2, -0.15) is 10.2 Å². The van der Waals surface area contributed by atoms with Gasteiger partial charge in [0.05, 0.1) is 25.0 Å². The molecule has 0 saturated heterocycles. The molecule has 9 nitrogen and oxygen atoms in total. The molecule has 0 amide bonds. The molecule has 2 heterocycles. The van der Waals surface area contributed by atoms with Crippen LogP contribution in [0.15, 0.2) is 77.4 Å². The van der Waals surface area contributed by atoms with E-state index in [0.717, 1.165) is 28.0 Å². The number of rotatable bonds is 7. The maximum absolute atomic E-state index is 12.7. The van der Waals surface area contributed by atoms with Crippen LogP contribution in [-0.4, -0.2) is 56.8 Å². The van der Waals surface area contributed by atoms with Crippen molar-refractivity contribution in [3.8, 4) is 22.5 Å². The minimum atomic E-state index is -0.447. The van der Waals surface area contributed by atoms with E-state index in [9.17, 15) is 4.79 Å². The largest absolute Gasteiger partial charge is 0.465 e. The van der Waals surface area contributed by atoms with Gasteiger partial charge in [-0.1, -0.05) is 60.7 Å². The minimum absolute atomic E-state index is 0.259. The third kappa shape index (κ3) is 4.44. The van der Waals surface area contributed by atoms with Crippen LogP contribution in [0.3, 0.4) is 0 Å². The fraction of sp³-hybridized carbons (Fsp3) is 0.269. The zero-order valence-electron chi connectivity index (χ0n) is 19.6. The Morgan fingerprint density at radius 2 is 1.86 bits per heavy atom. The highest BCUT2D eigenvalue weighted by Crippen LogP contribution is 2.35. The van der Waals surface area contributed by atoms with E-state index < -0.39 is 5.92 Å². The van der Waals surface area contributed by atoms with Crippen molar-refractivity contribution in [1.82, 2.24) is 25.5 Å². The number of aromatic amines is 1. The van der Waals surface area contributed by atoms with E-state index in [-0.39, 0.29) is 12.0 Å². The number of ether oxygens (including phenoxy) is 2. The molecule has 0 fully saturated rings. The van der Waals surface area contributed by atoms with E-state index in [1.54, 1.807) is 0 Å². The number of H-pyrrole nitrogens is 1. The highest BCUT2D eigenvalue weighted by molar-refractivity contribution is 5.84. The number of amidine groups is 1. The van der Waals surface area contributed by atoms with Gasteiger partial charge in [0.1, 0.15) is 5.92 Å². The van der Waals surface area contributed by atoms with Crippen molar-refractivity contribution in [3.05, 3.63) is 78.0 Å². The lowest BCUT2D eigenvalue weighted by atomic mass is 9.91. The van der Waals surface area contributed by atoms with Crippen LogP contribution < -0.4 is 0 Å². The van der Waals surface area contributed by atoms with Gasteiger partial charge in [0.2, 0.25) is 5.82 Å². The Balaban J connectivity index is 1.41. The van der Waals surface area contributed by atoms with Crippen molar-refractivity contribution in [1.29, 1.82) is 0 Å². The van der Waals surface area contributed by atoms with Crippen molar-refractivity contribution in [2.24, 2.45) is 10.9 Å². The zero-order chi connectivity index (χ0) is 24.2. The van der Waals surface area contributed by atoms with Gasteiger partial charge < -0.3 is 14.4 Å². The van der Waals surface area contributed by atoms with Gasteiger partial charge in [0, 0.05) is 12.1 Å². The second-order valence-corrected chi connectivity index (χ2v) is 8.13. The van der Waals surface area contributed by atoms with Crippen LogP contribution in [0.2, 0.25) is 0 Å². The molecule has 1 aliphatic carbocycles. The Hall–Kier alpha value is -4.27. The van der Waals surface area contributed by atoms with E-state index in [1.807, 2.05) is 61.2 Å². The van der Waals surface area contributed by atoms with E-state index in [1.165, 1.54) is 0 Å². The van der Waals surface area contributed by atoms with Crippen molar-refractivity contribution in [3.63, 3.8) is 0 Å². The molecule has 0 radical (unpaired) electrons. The number of aliphatic imine (C=N–C) groups is 1. The first-order chi connectivity index (χ1) is 17.2. The van der Waals surface area contributed by atoms with Crippen LogP contribution in [-0.2, 0) is 20.8 Å². The number of aromatic nitrogens is 4. The first-order valence-electron chi connectivity index (χ1n) is 11.6. The quantitative estimate of drug-likeness (QED) is 0.524. The van der Waals surface area contributed by atoms with E-state index >= 15 is 0 Å². The molecule has 1 N–H and O–H groups in total. The molecule has 2 aromatic carbocycles. The molecule has 1 aromatic heterocycles. The molecule has 35 heavy (non-hydrogen) atoms. The second kappa shape index (κ2) is 9.92. The summed E-state index contributed by atoms with van der Waals surface area (Å²) in [6.45, 7) is 5.10. The van der Waals surface area contributed by atoms with Crippen LogP contribution in [0, 0.1) is 5.92 Å². The first kappa shape index (κ1) is 22.5. The number of nitrogens with zero attached hydrogens (tertiary/aromatic N) is 5. The average molecular weight is 471 g/mol. The summed E-state index contributed by atoms with van der Waals surface area (Å²) in [5.74, 6) is -0.155. The summed E-state index contributed by atoms with van der Waals surface area (Å²) in [6, 6.07) is 16.5. The molecular weight excluding hydrogens is 444 g/mol. The zero-order valence-corrected chi connectivity index (χ0v) is 19.6. The molecule has 3 aromatic rings. The molecule has 0 bridgehead atoms. The maximum atomic E-state index is 12.7. The monoisotopic (exact) mass is 470 g/mol. The lowest BCUT2D eigenvalue weighted by Crippen LogP contribution is -2.44. The van der Waals surface area contributed by atoms with Crippen molar-refractivity contribution in [2.75, 3.05) is 13.2 Å². The molecule has 1 aliphatic heterocycles. The number of hydrogen-bond donors (Lipinski definition) is 1. The number of tetrazole rings is 1. The second-order valence-electron chi connectivity index (χ2n) is 8.13. The lowest BCUT2D eigenvalue weighted by Gasteiger charge is -2.32. The predicted octanol–water partition coefficient (Wildman–Crippen LogP) is 3.74. The first-order valence-corrected chi connectivity index (χ1v) is 11.6. The molecule has 178 valence electrons. The van der Waals surface area contributed by atoms with E-state index in [0.29, 0.717) is 31.6 Å². The van der Waals surface area contributed by atoms with Gasteiger partial charge in [-0.3, -0.25) is 4.79 Å². The average Bonchev–Trinajstić information content (AvgIpc) is 3.54. The van der Waals surface area contributed by atoms with Gasteiger partial charge in [-0.15, -0.1) is 10.2 Å². The Kier molecular flexibility index (Phi) is 6.38. The Labute approximate surface area is 203 Å². The molecular formula is C26H26N6O3. The molecule has 5 rings (SSSR count). The highest BCUT2D eigenvalue weighted by Gasteiger charge is 2.42. The number of fused-ring (bicyclic) bond motifs is 1. The van der Waals surface area contributed by atoms with Crippen LogP contribution >= 0.6 is 0 Å². The van der Waals surface area contributed by atoms with Gasteiger partial charge in [0.25, 0.3) is 6.02 Å². The summed E-state index contributed by atoms with van der Waals surface area (Å²) >= 11 is 0. The Morgan fingerprint density at radius 1 is 1.06 bits per heavy atom. The molecule has 0 saturated carbocycles. The van der Waals surface area contributed by atoms with Gasteiger partial charge in [-0.05, 0) is 41.8 Å². The summed E-state index contributed by atoms with van der Waals surface area (Å²) < 4.78 is 11.2. The minimum Gasteiger partial charge on any atom is -0.465 e.